The van der Waals surface area contributed by atoms with Gasteiger partial charge in [0, 0.05) is 11.1 Å². The molecule has 0 amide bonds. The van der Waals surface area contributed by atoms with Gasteiger partial charge in [0.05, 0.1) is 21.5 Å². The molecule has 0 saturated carbocycles. The summed E-state index contributed by atoms with van der Waals surface area (Å²) in [6.45, 7) is 1.98. The van der Waals surface area contributed by atoms with Crippen LogP contribution in [0.4, 0.5) is 10.3 Å². The summed E-state index contributed by atoms with van der Waals surface area (Å²) in [5.41, 5.74) is 8.30. The fourth-order valence-electron chi connectivity index (χ4n) is 2.43. The van der Waals surface area contributed by atoms with E-state index in [-0.39, 0.29) is 11.9 Å². The SMILES string of the molecule is CC(c1cccc(Cl)c1)n1c(N)nc2cc(Br)c(F)cc21. The van der Waals surface area contributed by atoms with Crippen LogP contribution in [-0.4, -0.2) is 9.55 Å². The van der Waals surface area contributed by atoms with Crippen molar-refractivity contribution >= 4 is 44.5 Å². The van der Waals surface area contributed by atoms with Crippen LogP contribution in [0.5, 0.6) is 0 Å². The first-order valence-corrected chi connectivity index (χ1v) is 7.52. The molecule has 3 nitrogen and oxygen atoms in total. The Morgan fingerprint density at radius 2 is 2.10 bits per heavy atom. The van der Waals surface area contributed by atoms with E-state index in [9.17, 15) is 4.39 Å². The molecule has 108 valence electrons. The summed E-state index contributed by atoms with van der Waals surface area (Å²) >= 11 is 9.19. The third-order valence-electron chi connectivity index (χ3n) is 3.48. The van der Waals surface area contributed by atoms with Crippen molar-refractivity contribution in [3.63, 3.8) is 0 Å². The van der Waals surface area contributed by atoms with Crippen molar-refractivity contribution in [3.8, 4) is 0 Å². The monoisotopic (exact) mass is 367 g/mol. The van der Waals surface area contributed by atoms with E-state index in [1.165, 1.54) is 6.07 Å². The molecule has 1 atom stereocenters. The number of hydrogen-bond donors (Lipinski definition) is 1. The van der Waals surface area contributed by atoms with Gasteiger partial charge in [-0.15, -0.1) is 0 Å². The molecular weight excluding hydrogens is 357 g/mol. The lowest BCUT2D eigenvalue weighted by molar-refractivity contribution is 0.619. The van der Waals surface area contributed by atoms with Gasteiger partial charge in [0.15, 0.2) is 0 Å². The summed E-state index contributed by atoms with van der Waals surface area (Å²) in [7, 11) is 0. The Balaban J connectivity index is 2.19. The molecule has 0 radical (unpaired) electrons. The molecule has 0 aliphatic heterocycles. The summed E-state index contributed by atoms with van der Waals surface area (Å²) in [6.07, 6.45) is 0. The Bertz CT molecular complexity index is 831. The van der Waals surface area contributed by atoms with Gasteiger partial charge in [-0.05, 0) is 46.6 Å². The Morgan fingerprint density at radius 3 is 2.81 bits per heavy atom. The molecule has 3 rings (SSSR count). The number of nitrogens with zero attached hydrogens (tertiary/aromatic N) is 2. The number of nitrogens with two attached hydrogens (primary N) is 1. The topological polar surface area (TPSA) is 43.8 Å². The first-order valence-electron chi connectivity index (χ1n) is 6.35. The maximum Gasteiger partial charge on any atom is 0.201 e. The van der Waals surface area contributed by atoms with Gasteiger partial charge in [0.2, 0.25) is 5.95 Å². The number of nitrogen functional groups attached to an aromatic ring is 1. The van der Waals surface area contributed by atoms with Crippen LogP contribution in [0.3, 0.4) is 0 Å². The van der Waals surface area contributed by atoms with Crippen LogP contribution in [0.25, 0.3) is 11.0 Å². The highest BCUT2D eigenvalue weighted by Gasteiger charge is 2.17. The molecule has 0 saturated heterocycles. The number of hydrogen-bond acceptors (Lipinski definition) is 2. The third kappa shape index (κ3) is 2.51. The Kier molecular flexibility index (Phi) is 3.63. The highest BCUT2D eigenvalue weighted by atomic mass is 79.9. The van der Waals surface area contributed by atoms with Gasteiger partial charge < -0.3 is 10.3 Å². The zero-order valence-corrected chi connectivity index (χ0v) is 13.5. The maximum absolute atomic E-state index is 13.8. The van der Waals surface area contributed by atoms with Gasteiger partial charge in [-0.2, -0.15) is 0 Å². The predicted molar refractivity (Wildman–Crippen MR) is 87.1 cm³/mol. The molecule has 2 aromatic carbocycles. The summed E-state index contributed by atoms with van der Waals surface area (Å²) in [6, 6.07) is 10.5. The van der Waals surface area contributed by atoms with Crippen molar-refractivity contribution in [2.75, 3.05) is 5.73 Å². The summed E-state index contributed by atoms with van der Waals surface area (Å²) in [5, 5.41) is 0.649. The zero-order valence-electron chi connectivity index (χ0n) is 11.1. The van der Waals surface area contributed by atoms with Crippen LogP contribution in [0, 0.1) is 5.82 Å². The third-order valence-corrected chi connectivity index (χ3v) is 4.32. The van der Waals surface area contributed by atoms with Gasteiger partial charge in [-0.25, -0.2) is 9.37 Å². The van der Waals surface area contributed by atoms with Crippen molar-refractivity contribution in [2.45, 2.75) is 13.0 Å². The number of halogens is 3. The van der Waals surface area contributed by atoms with Gasteiger partial charge in [-0.1, -0.05) is 23.7 Å². The van der Waals surface area contributed by atoms with E-state index in [4.69, 9.17) is 17.3 Å². The summed E-state index contributed by atoms with van der Waals surface area (Å²) < 4.78 is 16.0. The van der Waals surface area contributed by atoms with Crippen LogP contribution >= 0.6 is 27.5 Å². The number of anilines is 1. The molecule has 0 fully saturated rings. The molecule has 1 heterocycles. The van der Waals surface area contributed by atoms with Gasteiger partial charge in [0.1, 0.15) is 5.82 Å². The van der Waals surface area contributed by atoms with Gasteiger partial charge in [0.25, 0.3) is 0 Å². The average molecular weight is 369 g/mol. The lowest BCUT2D eigenvalue weighted by Gasteiger charge is -2.17. The number of rotatable bonds is 2. The van der Waals surface area contributed by atoms with Crippen molar-refractivity contribution in [3.05, 3.63) is 57.3 Å². The second-order valence-electron chi connectivity index (χ2n) is 4.83. The van der Waals surface area contributed by atoms with E-state index in [1.807, 2.05) is 31.2 Å². The van der Waals surface area contributed by atoms with Crippen molar-refractivity contribution in [1.29, 1.82) is 0 Å². The molecule has 2 N–H and O–H groups in total. The number of fused-ring (bicyclic) bond motifs is 1. The minimum atomic E-state index is -0.345. The van der Waals surface area contributed by atoms with E-state index in [1.54, 1.807) is 10.6 Å². The number of benzene rings is 2. The molecule has 0 spiro atoms. The molecule has 0 bridgehead atoms. The quantitative estimate of drug-likeness (QED) is 0.707. The molecule has 0 aliphatic rings. The second-order valence-corrected chi connectivity index (χ2v) is 6.12. The molecule has 21 heavy (non-hydrogen) atoms. The maximum atomic E-state index is 13.8. The molecule has 6 heteroatoms. The van der Waals surface area contributed by atoms with Crippen molar-refractivity contribution in [2.24, 2.45) is 0 Å². The van der Waals surface area contributed by atoms with Crippen LogP contribution in [0.15, 0.2) is 40.9 Å². The first-order chi connectivity index (χ1) is 9.97. The minimum absolute atomic E-state index is 0.103. The predicted octanol–water partition coefficient (Wildman–Crippen LogP) is 4.78. The zero-order chi connectivity index (χ0) is 15.1. The highest BCUT2D eigenvalue weighted by molar-refractivity contribution is 9.10. The average Bonchev–Trinajstić information content (AvgIpc) is 2.74. The smallest absolute Gasteiger partial charge is 0.201 e. The first kappa shape index (κ1) is 14.4. The summed E-state index contributed by atoms with van der Waals surface area (Å²) in [4.78, 5) is 4.30. The molecular formula is C15H12BrClFN3. The second kappa shape index (κ2) is 5.31. The van der Waals surface area contributed by atoms with Crippen LogP contribution in [-0.2, 0) is 0 Å². The van der Waals surface area contributed by atoms with E-state index < -0.39 is 0 Å². The Hall–Kier alpha value is -1.59. The van der Waals surface area contributed by atoms with E-state index in [0.717, 1.165) is 5.56 Å². The largest absolute Gasteiger partial charge is 0.369 e. The van der Waals surface area contributed by atoms with Crippen LogP contribution in [0.1, 0.15) is 18.5 Å². The fourth-order valence-corrected chi connectivity index (χ4v) is 2.96. The lowest BCUT2D eigenvalue weighted by Crippen LogP contribution is -2.10. The van der Waals surface area contributed by atoms with Crippen molar-refractivity contribution < 1.29 is 4.39 Å². The Labute approximate surface area is 134 Å². The van der Waals surface area contributed by atoms with Gasteiger partial charge in [-0.3, -0.25) is 0 Å². The number of aromatic nitrogens is 2. The summed E-state index contributed by atoms with van der Waals surface area (Å²) in [5.74, 6) is -0.00285. The van der Waals surface area contributed by atoms with Crippen LogP contribution < -0.4 is 5.73 Å². The lowest BCUT2D eigenvalue weighted by atomic mass is 10.1. The number of imidazole rings is 1. The molecule has 1 aromatic heterocycles. The normalized spacial score (nSPS) is 12.8. The van der Waals surface area contributed by atoms with Crippen molar-refractivity contribution in [1.82, 2.24) is 9.55 Å². The molecule has 3 aromatic rings. The molecule has 0 aliphatic carbocycles. The Morgan fingerprint density at radius 1 is 1.33 bits per heavy atom. The van der Waals surface area contributed by atoms with Crippen LogP contribution in [0.2, 0.25) is 5.02 Å². The van der Waals surface area contributed by atoms with E-state index >= 15 is 0 Å². The highest BCUT2D eigenvalue weighted by Crippen LogP contribution is 2.31. The van der Waals surface area contributed by atoms with Gasteiger partial charge >= 0.3 is 0 Å². The standard InChI is InChI=1S/C15H12BrClFN3/c1-8(9-3-2-4-10(17)5-9)21-14-7-12(18)11(16)6-13(14)20-15(21)19/h2-8H,1H3,(H2,19,20). The molecule has 1 unspecified atom stereocenters. The fraction of sp³-hybridized carbons (Fsp3) is 0.133. The minimum Gasteiger partial charge on any atom is -0.369 e. The van der Waals surface area contributed by atoms with E-state index in [2.05, 4.69) is 20.9 Å². The van der Waals surface area contributed by atoms with E-state index in [0.29, 0.717) is 26.5 Å².